The number of carbonyl (C=O) groups is 1. The van der Waals surface area contributed by atoms with E-state index in [1.54, 1.807) is 0 Å². The molecule has 1 heterocycles. The van der Waals surface area contributed by atoms with Crippen molar-refractivity contribution in [2.24, 2.45) is 10.7 Å². The number of aliphatic imine (C=N–C) groups is 1. The van der Waals surface area contributed by atoms with Gasteiger partial charge in [0.15, 0.2) is 5.96 Å². The zero-order valence-electron chi connectivity index (χ0n) is 16.4. The van der Waals surface area contributed by atoms with Crippen LogP contribution in [0.1, 0.15) is 25.3 Å². The minimum atomic E-state index is -0.258. The highest BCUT2D eigenvalue weighted by atomic mass is 127. The maximum atomic E-state index is 11.1. The molecular formula is C21H30IN5O. The lowest BCUT2D eigenvalue weighted by atomic mass is 10.0. The average molecular weight is 495 g/mol. The van der Waals surface area contributed by atoms with E-state index in [-0.39, 0.29) is 29.9 Å². The van der Waals surface area contributed by atoms with E-state index in [1.165, 1.54) is 16.3 Å². The lowest BCUT2D eigenvalue weighted by molar-refractivity contribution is -0.119. The number of likely N-dealkylation sites (tertiary alicyclic amines) is 1. The number of carbonyl (C=O) groups excluding carboxylic acids is 1. The number of amides is 1. The van der Waals surface area contributed by atoms with Crippen molar-refractivity contribution < 1.29 is 4.79 Å². The second-order valence-corrected chi connectivity index (χ2v) is 6.99. The van der Waals surface area contributed by atoms with Gasteiger partial charge in [0, 0.05) is 25.7 Å². The van der Waals surface area contributed by atoms with Gasteiger partial charge < -0.3 is 16.4 Å². The predicted octanol–water partition coefficient (Wildman–Crippen LogP) is 2.46. The summed E-state index contributed by atoms with van der Waals surface area (Å²) in [5.41, 5.74) is 6.51. The Morgan fingerprint density at radius 1 is 1.18 bits per heavy atom. The maximum Gasteiger partial charge on any atom is 0.231 e. The SMILES string of the molecule is CCNC(=NCc1cccc2ccccc12)NC1CCN(CC(N)=O)CC1.I. The number of piperidine rings is 1. The summed E-state index contributed by atoms with van der Waals surface area (Å²) in [6, 6.07) is 15.1. The molecule has 7 heteroatoms. The Hall–Kier alpha value is -1.87. The summed E-state index contributed by atoms with van der Waals surface area (Å²) >= 11 is 0. The number of hydrogen-bond acceptors (Lipinski definition) is 3. The van der Waals surface area contributed by atoms with E-state index in [2.05, 4.69) is 64.9 Å². The van der Waals surface area contributed by atoms with Gasteiger partial charge in [0.2, 0.25) is 5.91 Å². The summed E-state index contributed by atoms with van der Waals surface area (Å²) in [5.74, 6) is 0.588. The van der Waals surface area contributed by atoms with Gasteiger partial charge in [0.25, 0.3) is 0 Å². The molecule has 0 atom stereocenters. The number of guanidine groups is 1. The monoisotopic (exact) mass is 495 g/mol. The van der Waals surface area contributed by atoms with Crippen molar-refractivity contribution in [1.82, 2.24) is 15.5 Å². The molecule has 6 nitrogen and oxygen atoms in total. The number of rotatable bonds is 6. The van der Waals surface area contributed by atoms with Crippen molar-refractivity contribution in [1.29, 1.82) is 0 Å². The lowest BCUT2D eigenvalue weighted by Crippen LogP contribution is -2.49. The molecule has 1 saturated heterocycles. The molecule has 28 heavy (non-hydrogen) atoms. The van der Waals surface area contributed by atoms with Crippen LogP contribution in [0.3, 0.4) is 0 Å². The predicted molar refractivity (Wildman–Crippen MR) is 126 cm³/mol. The van der Waals surface area contributed by atoms with Crippen molar-refractivity contribution >= 4 is 46.6 Å². The fourth-order valence-corrected chi connectivity index (χ4v) is 3.56. The molecule has 3 rings (SSSR count). The first kappa shape index (κ1) is 22.4. The normalized spacial score (nSPS) is 15.8. The van der Waals surface area contributed by atoms with Crippen LogP contribution in [-0.2, 0) is 11.3 Å². The molecule has 4 N–H and O–H groups in total. The molecular weight excluding hydrogens is 465 g/mol. The van der Waals surface area contributed by atoms with E-state index in [9.17, 15) is 4.79 Å². The van der Waals surface area contributed by atoms with Crippen LogP contribution in [0, 0.1) is 0 Å². The topological polar surface area (TPSA) is 82.8 Å². The summed E-state index contributed by atoms with van der Waals surface area (Å²) in [4.78, 5) is 18.0. The third kappa shape index (κ3) is 6.34. The number of halogens is 1. The van der Waals surface area contributed by atoms with Gasteiger partial charge in [-0.1, -0.05) is 42.5 Å². The number of primary amides is 1. The molecule has 0 saturated carbocycles. The lowest BCUT2D eigenvalue weighted by Gasteiger charge is -2.32. The second-order valence-electron chi connectivity index (χ2n) is 6.99. The molecule has 0 spiro atoms. The Morgan fingerprint density at radius 2 is 1.89 bits per heavy atom. The van der Waals surface area contributed by atoms with Crippen LogP contribution in [0.4, 0.5) is 0 Å². The van der Waals surface area contributed by atoms with Crippen molar-refractivity contribution in [3.8, 4) is 0 Å². The van der Waals surface area contributed by atoms with Crippen LogP contribution in [0.25, 0.3) is 10.8 Å². The molecule has 1 amide bonds. The van der Waals surface area contributed by atoms with Crippen molar-refractivity contribution in [3.05, 3.63) is 48.0 Å². The number of benzene rings is 2. The molecule has 0 aliphatic carbocycles. The van der Waals surface area contributed by atoms with Gasteiger partial charge >= 0.3 is 0 Å². The molecule has 2 aromatic rings. The molecule has 0 bridgehead atoms. The zero-order valence-corrected chi connectivity index (χ0v) is 18.7. The molecule has 0 aromatic heterocycles. The number of hydrogen-bond donors (Lipinski definition) is 3. The maximum absolute atomic E-state index is 11.1. The summed E-state index contributed by atoms with van der Waals surface area (Å²) in [6.07, 6.45) is 1.96. The van der Waals surface area contributed by atoms with Crippen LogP contribution in [-0.4, -0.2) is 49.0 Å². The van der Waals surface area contributed by atoms with Crippen molar-refractivity contribution in [3.63, 3.8) is 0 Å². The molecule has 0 unspecified atom stereocenters. The first-order valence-electron chi connectivity index (χ1n) is 9.68. The van der Waals surface area contributed by atoms with Gasteiger partial charge in [0.1, 0.15) is 0 Å². The molecule has 1 fully saturated rings. The van der Waals surface area contributed by atoms with Crippen molar-refractivity contribution in [2.45, 2.75) is 32.4 Å². The molecule has 1 aliphatic heterocycles. The fourth-order valence-electron chi connectivity index (χ4n) is 3.56. The van der Waals surface area contributed by atoms with Gasteiger partial charge in [0.05, 0.1) is 13.1 Å². The molecule has 1 aliphatic rings. The largest absolute Gasteiger partial charge is 0.369 e. The minimum absolute atomic E-state index is 0. The summed E-state index contributed by atoms with van der Waals surface area (Å²) in [6.45, 7) is 5.64. The minimum Gasteiger partial charge on any atom is -0.369 e. The quantitative estimate of drug-likeness (QED) is 0.327. The molecule has 152 valence electrons. The number of fused-ring (bicyclic) bond motifs is 1. The van der Waals surface area contributed by atoms with E-state index < -0.39 is 0 Å². The van der Waals surface area contributed by atoms with Crippen LogP contribution in [0.5, 0.6) is 0 Å². The van der Waals surface area contributed by atoms with Gasteiger partial charge in [-0.25, -0.2) is 4.99 Å². The molecule has 2 aromatic carbocycles. The first-order chi connectivity index (χ1) is 13.2. The summed E-state index contributed by atoms with van der Waals surface area (Å²) in [7, 11) is 0. The van der Waals surface area contributed by atoms with Gasteiger partial charge in [-0.3, -0.25) is 9.69 Å². The van der Waals surface area contributed by atoms with Gasteiger partial charge in [-0.2, -0.15) is 0 Å². The van der Waals surface area contributed by atoms with Crippen LogP contribution in [0.15, 0.2) is 47.5 Å². The average Bonchev–Trinajstić information content (AvgIpc) is 2.67. The smallest absolute Gasteiger partial charge is 0.231 e. The Morgan fingerprint density at radius 3 is 2.61 bits per heavy atom. The van der Waals surface area contributed by atoms with Gasteiger partial charge in [-0.15, -0.1) is 24.0 Å². The standard InChI is InChI=1S/C21H29N5O.HI/c1-2-23-21(25-18-10-12-26(13-11-18)15-20(22)27)24-14-17-8-5-7-16-6-3-4-9-19(16)17;/h3-9,18H,2,10-15H2,1H3,(H2,22,27)(H2,23,24,25);1H. The molecule has 0 radical (unpaired) electrons. The zero-order chi connectivity index (χ0) is 19.1. The van der Waals surface area contributed by atoms with Crippen molar-refractivity contribution in [2.75, 3.05) is 26.2 Å². The highest BCUT2D eigenvalue weighted by Gasteiger charge is 2.20. The van der Waals surface area contributed by atoms with E-state index >= 15 is 0 Å². The van der Waals surface area contributed by atoms with E-state index in [4.69, 9.17) is 10.7 Å². The van der Waals surface area contributed by atoms with Crippen LogP contribution >= 0.6 is 24.0 Å². The number of nitrogens with two attached hydrogens (primary N) is 1. The third-order valence-corrected chi connectivity index (χ3v) is 4.94. The highest BCUT2D eigenvalue weighted by Crippen LogP contribution is 2.19. The van der Waals surface area contributed by atoms with Gasteiger partial charge in [-0.05, 0) is 36.1 Å². The second kappa shape index (κ2) is 11.2. The van der Waals surface area contributed by atoms with Crippen LogP contribution in [0.2, 0.25) is 0 Å². The van der Waals surface area contributed by atoms with E-state index in [0.29, 0.717) is 19.1 Å². The third-order valence-electron chi connectivity index (χ3n) is 4.94. The Bertz CT molecular complexity index is 797. The fraction of sp³-hybridized carbons (Fsp3) is 0.429. The Labute approximate surface area is 184 Å². The highest BCUT2D eigenvalue weighted by molar-refractivity contribution is 14.0. The Balaban J connectivity index is 0.00000280. The number of nitrogens with zero attached hydrogens (tertiary/aromatic N) is 2. The van der Waals surface area contributed by atoms with E-state index in [0.717, 1.165) is 38.4 Å². The summed E-state index contributed by atoms with van der Waals surface area (Å²) in [5, 5.41) is 9.38. The number of nitrogens with one attached hydrogen (secondary N) is 2. The van der Waals surface area contributed by atoms with Crippen LogP contribution < -0.4 is 16.4 Å². The summed E-state index contributed by atoms with van der Waals surface area (Å²) < 4.78 is 0. The first-order valence-corrected chi connectivity index (χ1v) is 9.68. The van der Waals surface area contributed by atoms with E-state index in [1.807, 2.05) is 0 Å². The Kier molecular flexibility index (Phi) is 8.98.